The van der Waals surface area contributed by atoms with Crippen LogP contribution < -0.4 is 4.74 Å². The molecule has 1 aromatic heterocycles. The second kappa shape index (κ2) is 8.76. The molecule has 0 amide bonds. The lowest BCUT2D eigenvalue weighted by atomic mass is 10.0. The smallest absolute Gasteiger partial charge is 0.344 e. The first kappa shape index (κ1) is 19.8. The predicted molar refractivity (Wildman–Crippen MR) is 95.6 cm³/mol. The molecule has 0 radical (unpaired) electrons. The van der Waals surface area contributed by atoms with Crippen LogP contribution in [0.2, 0.25) is 5.02 Å². The monoisotopic (exact) mass is 380 g/mol. The number of furan rings is 1. The van der Waals surface area contributed by atoms with Gasteiger partial charge in [0.25, 0.3) is 0 Å². The van der Waals surface area contributed by atoms with E-state index in [1.54, 1.807) is 6.07 Å². The van der Waals surface area contributed by atoms with Crippen molar-refractivity contribution in [3.05, 3.63) is 51.9 Å². The highest BCUT2D eigenvalue weighted by atomic mass is 35.5. The van der Waals surface area contributed by atoms with Gasteiger partial charge in [-0.15, -0.1) is 0 Å². The number of carbonyl (C=O) groups is 2. The first-order valence-corrected chi connectivity index (χ1v) is 8.44. The third-order valence-electron chi connectivity index (χ3n) is 3.77. The topological polar surface area (TPSA) is 75.0 Å². The fourth-order valence-corrected chi connectivity index (χ4v) is 2.49. The molecular weight excluding hydrogens is 360 g/mol. The molecule has 26 heavy (non-hydrogen) atoms. The molecule has 0 bridgehead atoms. The van der Waals surface area contributed by atoms with Gasteiger partial charge in [-0.2, -0.15) is 0 Å². The Bertz CT molecular complexity index is 793. The summed E-state index contributed by atoms with van der Waals surface area (Å²) in [6, 6.07) is 5.09. The molecule has 0 aliphatic heterocycles. The molecule has 0 spiro atoms. The zero-order valence-corrected chi connectivity index (χ0v) is 15.9. The maximum atomic E-state index is 12.0. The number of methoxy groups -OCH3 is 1. The second-order valence-electron chi connectivity index (χ2n) is 5.99. The number of ether oxygens (including phenoxy) is 3. The molecule has 0 atom stereocenters. The van der Waals surface area contributed by atoms with E-state index in [-0.39, 0.29) is 30.5 Å². The number of rotatable bonds is 7. The summed E-state index contributed by atoms with van der Waals surface area (Å²) in [5, 5.41) is 0.650. The Morgan fingerprint density at radius 1 is 1.27 bits per heavy atom. The molecule has 0 saturated carbocycles. The van der Waals surface area contributed by atoms with E-state index in [0.29, 0.717) is 10.8 Å². The lowest BCUT2D eigenvalue weighted by Crippen LogP contribution is -2.16. The third kappa shape index (κ3) is 4.79. The Labute approximate surface area is 157 Å². The van der Waals surface area contributed by atoms with Crippen LogP contribution in [0.4, 0.5) is 0 Å². The van der Waals surface area contributed by atoms with E-state index >= 15 is 0 Å². The predicted octanol–water partition coefficient (Wildman–Crippen LogP) is 4.27. The second-order valence-corrected chi connectivity index (χ2v) is 6.40. The van der Waals surface area contributed by atoms with Crippen molar-refractivity contribution in [1.82, 2.24) is 0 Å². The van der Waals surface area contributed by atoms with E-state index < -0.39 is 11.9 Å². The van der Waals surface area contributed by atoms with Crippen molar-refractivity contribution < 1.29 is 28.2 Å². The summed E-state index contributed by atoms with van der Waals surface area (Å²) in [6.07, 6.45) is 1.33. The minimum absolute atomic E-state index is 0.184. The summed E-state index contributed by atoms with van der Waals surface area (Å²) in [5.74, 6) is -0.147. The fraction of sp³-hybridized carbons (Fsp3) is 0.368. The van der Waals surface area contributed by atoms with Crippen LogP contribution in [0.15, 0.2) is 28.9 Å². The van der Waals surface area contributed by atoms with E-state index in [0.717, 1.165) is 11.1 Å². The number of hydrogen-bond acceptors (Lipinski definition) is 6. The molecule has 0 fully saturated rings. The minimum Gasteiger partial charge on any atom is -0.482 e. The maximum Gasteiger partial charge on any atom is 0.344 e. The molecule has 0 saturated heterocycles. The van der Waals surface area contributed by atoms with Crippen molar-refractivity contribution >= 4 is 23.5 Å². The fourth-order valence-electron chi connectivity index (χ4n) is 2.32. The van der Waals surface area contributed by atoms with Crippen molar-refractivity contribution in [3.63, 3.8) is 0 Å². The number of benzene rings is 1. The van der Waals surface area contributed by atoms with Gasteiger partial charge in [0.2, 0.25) is 0 Å². The molecule has 140 valence electrons. The molecule has 1 aromatic carbocycles. The van der Waals surface area contributed by atoms with E-state index in [9.17, 15) is 9.59 Å². The number of hydrogen-bond donors (Lipinski definition) is 0. The normalized spacial score (nSPS) is 10.7. The number of aryl methyl sites for hydroxylation is 1. The SMILES string of the molecule is COC(=O)c1ccoc1COC(=O)COc1cc(C)c(Cl)cc1C(C)C. The molecule has 0 aliphatic carbocycles. The van der Waals surface area contributed by atoms with Gasteiger partial charge in [-0.3, -0.25) is 0 Å². The van der Waals surface area contributed by atoms with Crippen LogP contribution in [0.1, 0.15) is 47.0 Å². The average molecular weight is 381 g/mol. The summed E-state index contributed by atoms with van der Waals surface area (Å²) in [4.78, 5) is 23.5. The van der Waals surface area contributed by atoms with Gasteiger partial charge < -0.3 is 18.6 Å². The van der Waals surface area contributed by atoms with Crippen LogP contribution in [0.3, 0.4) is 0 Å². The number of esters is 2. The van der Waals surface area contributed by atoms with Crippen LogP contribution >= 0.6 is 11.6 Å². The zero-order chi connectivity index (χ0) is 19.3. The molecule has 7 heteroatoms. The largest absolute Gasteiger partial charge is 0.482 e. The summed E-state index contributed by atoms with van der Waals surface area (Å²) in [7, 11) is 1.26. The quantitative estimate of drug-likeness (QED) is 0.667. The summed E-state index contributed by atoms with van der Waals surface area (Å²) in [5.41, 5.74) is 1.99. The molecular formula is C19H21ClO6. The first-order valence-electron chi connectivity index (χ1n) is 8.06. The van der Waals surface area contributed by atoms with E-state index in [4.69, 9.17) is 25.5 Å². The van der Waals surface area contributed by atoms with Gasteiger partial charge in [-0.25, -0.2) is 9.59 Å². The Kier molecular flexibility index (Phi) is 6.69. The van der Waals surface area contributed by atoms with Gasteiger partial charge in [-0.1, -0.05) is 25.4 Å². The summed E-state index contributed by atoms with van der Waals surface area (Å²) >= 11 is 6.16. The first-order chi connectivity index (χ1) is 12.3. The molecule has 2 aromatic rings. The minimum atomic E-state index is -0.584. The third-order valence-corrected chi connectivity index (χ3v) is 4.18. The van der Waals surface area contributed by atoms with Gasteiger partial charge in [-0.05, 0) is 42.2 Å². The van der Waals surface area contributed by atoms with Crippen molar-refractivity contribution in [2.24, 2.45) is 0 Å². The number of carbonyl (C=O) groups excluding carboxylic acids is 2. The van der Waals surface area contributed by atoms with Gasteiger partial charge in [0, 0.05) is 5.02 Å². The van der Waals surface area contributed by atoms with Crippen molar-refractivity contribution in [2.45, 2.75) is 33.3 Å². The summed E-state index contributed by atoms with van der Waals surface area (Å²) in [6.45, 7) is 5.43. The molecule has 0 aliphatic rings. The van der Waals surface area contributed by atoms with Crippen molar-refractivity contribution in [3.8, 4) is 5.75 Å². The van der Waals surface area contributed by atoms with Gasteiger partial charge in [0.15, 0.2) is 12.4 Å². The molecule has 0 N–H and O–H groups in total. The standard InChI is InChI=1S/C19H21ClO6/c1-11(2)14-8-15(20)12(3)7-16(14)25-10-18(21)26-9-17-13(5-6-24-17)19(22)23-4/h5-8,11H,9-10H2,1-4H3. The lowest BCUT2D eigenvalue weighted by Gasteiger charge is -2.15. The van der Waals surface area contributed by atoms with Gasteiger partial charge in [0.1, 0.15) is 17.9 Å². The van der Waals surface area contributed by atoms with E-state index in [2.05, 4.69) is 4.74 Å². The van der Waals surface area contributed by atoms with Crippen LogP contribution in [-0.4, -0.2) is 25.7 Å². The lowest BCUT2D eigenvalue weighted by molar-refractivity contribution is -0.147. The van der Waals surface area contributed by atoms with Gasteiger partial charge >= 0.3 is 11.9 Å². The van der Waals surface area contributed by atoms with Crippen molar-refractivity contribution in [1.29, 1.82) is 0 Å². The van der Waals surface area contributed by atoms with Crippen LogP contribution in [0.25, 0.3) is 0 Å². The Balaban J connectivity index is 1.97. The molecule has 2 rings (SSSR count). The average Bonchev–Trinajstić information content (AvgIpc) is 3.08. The highest BCUT2D eigenvalue weighted by molar-refractivity contribution is 6.31. The Hall–Kier alpha value is -2.47. The van der Waals surface area contributed by atoms with Crippen LogP contribution in [0.5, 0.6) is 5.75 Å². The van der Waals surface area contributed by atoms with Crippen LogP contribution in [0, 0.1) is 6.92 Å². The highest BCUT2D eigenvalue weighted by Crippen LogP contribution is 2.32. The Morgan fingerprint density at radius 2 is 2.00 bits per heavy atom. The van der Waals surface area contributed by atoms with E-state index in [1.165, 1.54) is 19.4 Å². The molecule has 6 nitrogen and oxygen atoms in total. The number of halogens is 1. The molecule has 1 heterocycles. The highest BCUT2D eigenvalue weighted by Gasteiger charge is 2.17. The Morgan fingerprint density at radius 3 is 2.65 bits per heavy atom. The van der Waals surface area contributed by atoms with Crippen molar-refractivity contribution in [2.75, 3.05) is 13.7 Å². The zero-order valence-electron chi connectivity index (χ0n) is 15.1. The maximum absolute atomic E-state index is 12.0. The van der Waals surface area contributed by atoms with E-state index in [1.807, 2.05) is 26.8 Å². The molecule has 0 unspecified atom stereocenters. The van der Waals surface area contributed by atoms with Gasteiger partial charge in [0.05, 0.1) is 13.4 Å². The van der Waals surface area contributed by atoms with Crippen LogP contribution in [-0.2, 0) is 20.9 Å². The summed E-state index contributed by atoms with van der Waals surface area (Å²) < 4.78 is 20.5.